The summed E-state index contributed by atoms with van der Waals surface area (Å²) in [6.07, 6.45) is 1.82. The summed E-state index contributed by atoms with van der Waals surface area (Å²) in [6.45, 7) is 7.18. The van der Waals surface area contributed by atoms with Gasteiger partial charge in [-0.3, -0.25) is 0 Å². The highest BCUT2D eigenvalue weighted by Gasteiger charge is 2.06. The normalized spacial score (nSPS) is 10.9. The zero-order chi connectivity index (χ0) is 21.1. The number of rotatable bonds is 10. The molecule has 2 aromatic rings. The number of halogens is 1. The van der Waals surface area contributed by atoms with Gasteiger partial charge in [0.25, 0.3) is 0 Å². The van der Waals surface area contributed by atoms with E-state index in [1.165, 1.54) is 0 Å². The van der Waals surface area contributed by atoms with E-state index < -0.39 is 0 Å². The number of benzene rings is 1. The molecule has 0 radical (unpaired) electrons. The summed E-state index contributed by atoms with van der Waals surface area (Å²) < 4.78 is 11.0. The lowest BCUT2D eigenvalue weighted by Crippen LogP contribution is -2.36. The molecule has 2 rings (SSSR count). The van der Waals surface area contributed by atoms with E-state index in [0.29, 0.717) is 26.3 Å². The highest BCUT2D eigenvalue weighted by molar-refractivity contribution is 14.0. The van der Waals surface area contributed by atoms with Gasteiger partial charge >= 0.3 is 0 Å². The lowest BCUT2D eigenvalue weighted by Gasteiger charge is -2.15. The molecule has 0 fully saturated rings. The maximum atomic E-state index is 5.88. The molecule has 2 N–H and O–H groups in total. The second-order valence-electron chi connectivity index (χ2n) is 6.92. The minimum atomic E-state index is 0. The predicted octanol–water partition coefficient (Wildman–Crippen LogP) is 3.35. The highest BCUT2D eigenvalue weighted by atomic mass is 127. The second kappa shape index (κ2) is 14.0. The zero-order valence-electron chi connectivity index (χ0n) is 18.6. The van der Waals surface area contributed by atoms with Crippen molar-refractivity contribution in [3.05, 3.63) is 53.2 Å². The molecule has 1 aromatic heterocycles. The zero-order valence-corrected chi connectivity index (χ0v) is 20.9. The van der Waals surface area contributed by atoms with Crippen molar-refractivity contribution < 1.29 is 9.47 Å². The Kier molecular flexibility index (Phi) is 12.1. The summed E-state index contributed by atoms with van der Waals surface area (Å²) >= 11 is 0. The van der Waals surface area contributed by atoms with Crippen LogP contribution in [0.2, 0.25) is 0 Å². The quantitative estimate of drug-likeness (QED) is 0.214. The summed E-state index contributed by atoms with van der Waals surface area (Å²) in [5.74, 6) is 2.56. The third-order valence-corrected chi connectivity index (χ3v) is 4.25. The van der Waals surface area contributed by atoms with Crippen LogP contribution >= 0.6 is 24.0 Å². The van der Waals surface area contributed by atoms with Crippen LogP contribution in [0.1, 0.15) is 23.6 Å². The van der Waals surface area contributed by atoms with Crippen molar-refractivity contribution in [1.29, 1.82) is 0 Å². The molecular weight excluding hydrogens is 493 g/mol. The molecule has 1 aromatic carbocycles. The van der Waals surface area contributed by atoms with Gasteiger partial charge in [0.1, 0.15) is 18.2 Å². The molecular formula is C22H34IN5O2. The van der Waals surface area contributed by atoms with E-state index >= 15 is 0 Å². The van der Waals surface area contributed by atoms with Crippen LogP contribution in [0.5, 0.6) is 5.75 Å². The van der Waals surface area contributed by atoms with Gasteiger partial charge in [0.2, 0.25) is 0 Å². The number of hydrogen-bond acceptors (Lipinski definition) is 5. The topological polar surface area (TPSA) is 71.0 Å². The predicted molar refractivity (Wildman–Crippen MR) is 134 cm³/mol. The fourth-order valence-electron chi connectivity index (χ4n) is 2.67. The van der Waals surface area contributed by atoms with E-state index in [0.717, 1.165) is 40.8 Å². The molecule has 0 unspecified atom stereocenters. The number of aliphatic imine (C=N–C) groups is 1. The molecule has 0 atom stereocenters. The monoisotopic (exact) mass is 527 g/mol. The summed E-state index contributed by atoms with van der Waals surface area (Å²) in [7, 11) is 5.63. The summed E-state index contributed by atoms with van der Waals surface area (Å²) in [6, 6.07) is 10.3. The van der Waals surface area contributed by atoms with E-state index in [2.05, 4.69) is 53.7 Å². The Labute approximate surface area is 197 Å². The van der Waals surface area contributed by atoms with Crippen molar-refractivity contribution in [2.24, 2.45) is 4.99 Å². The number of nitrogens with zero attached hydrogens (tertiary/aromatic N) is 3. The van der Waals surface area contributed by atoms with E-state index in [1.807, 2.05) is 31.3 Å². The van der Waals surface area contributed by atoms with Crippen LogP contribution in [-0.2, 0) is 17.8 Å². The number of anilines is 1. The molecule has 0 aliphatic rings. The van der Waals surface area contributed by atoms with Gasteiger partial charge in [-0.1, -0.05) is 12.1 Å². The molecule has 166 valence electrons. The van der Waals surface area contributed by atoms with E-state index in [9.17, 15) is 0 Å². The summed E-state index contributed by atoms with van der Waals surface area (Å²) in [4.78, 5) is 11.0. The molecule has 7 nitrogen and oxygen atoms in total. The Bertz CT molecular complexity index is 799. The molecule has 1 heterocycles. The second-order valence-corrected chi connectivity index (χ2v) is 6.92. The first-order chi connectivity index (χ1) is 14.0. The lowest BCUT2D eigenvalue weighted by molar-refractivity contribution is 0.145. The Morgan fingerprint density at radius 3 is 2.63 bits per heavy atom. The third-order valence-electron chi connectivity index (χ3n) is 4.25. The van der Waals surface area contributed by atoms with Crippen molar-refractivity contribution in [3.8, 4) is 5.75 Å². The van der Waals surface area contributed by atoms with Crippen LogP contribution < -0.4 is 20.3 Å². The van der Waals surface area contributed by atoms with Crippen molar-refractivity contribution >= 4 is 35.8 Å². The SMILES string of the molecule is CCNC(=NCc1ccnc(N(C)C)c1)NCc1ccc(C)cc1OCCOC.I. The van der Waals surface area contributed by atoms with Gasteiger partial charge in [-0.25, -0.2) is 9.98 Å². The smallest absolute Gasteiger partial charge is 0.191 e. The minimum absolute atomic E-state index is 0. The Hall–Kier alpha value is -2.07. The van der Waals surface area contributed by atoms with E-state index in [4.69, 9.17) is 14.5 Å². The number of pyridine rings is 1. The Morgan fingerprint density at radius 1 is 1.13 bits per heavy atom. The fraction of sp³-hybridized carbons (Fsp3) is 0.455. The first kappa shape index (κ1) is 26.0. The Balaban J connectivity index is 0.00000450. The number of ether oxygens (including phenoxy) is 2. The van der Waals surface area contributed by atoms with Crippen molar-refractivity contribution in [1.82, 2.24) is 15.6 Å². The third kappa shape index (κ3) is 8.74. The van der Waals surface area contributed by atoms with Crippen LogP contribution in [-0.4, -0.2) is 51.9 Å². The number of hydrogen-bond donors (Lipinski definition) is 2. The van der Waals surface area contributed by atoms with Gasteiger partial charge in [-0.15, -0.1) is 24.0 Å². The van der Waals surface area contributed by atoms with Gasteiger partial charge in [-0.2, -0.15) is 0 Å². The van der Waals surface area contributed by atoms with Crippen LogP contribution in [0.3, 0.4) is 0 Å². The molecule has 0 spiro atoms. The first-order valence-electron chi connectivity index (χ1n) is 9.89. The van der Waals surface area contributed by atoms with Crippen LogP contribution in [0.4, 0.5) is 5.82 Å². The van der Waals surface area contributed by atoms with Crippen LogP contribution in [0.15, 0.2) is 41.5 Å². The molecule has 0 aliphatic heterocycles. The fourth-order valence-corrected chi connectivity index (χ4v) is 2.67. The number of methoxy groups -OCH3 is 1. The average Bonchev–Trinajstić information content (AvgIpc) is 2.71. The molecule has 0 saturated heterocycles. The van der Waals surface area contributed by atoms with Crippen molar-refractivity contribution in [2.75, 3.05) is 45.9 Å². The number of nitrogens with one attached hydrogen (secondary N) is 2. The van der Waals surface area contributed by atoms with Gasteiger partial charge in [0, 0.05) is 46.1 Å². The molecule has 0 saturated carbocycles. The van der Waals surface area contributed by atoms with Gasteiger partial charge < -0.3 is 25.0 Å². The van der Waals surface area contributed by atoms with Crippen molar-refractivity contribution in [3.63, 3.8) is 0 Å². The first-order valence-corrected chi connectivity index (χ1v) is 9.89. The number of aromatic nitrogens is 1. The number of guanidine groups is 1. The minimum Gasteiger partial charge on any atom is -0.491 e. The van der Waals surface area contributed by atoms with Gasteiger partial charge in [-0.05, 0) is 43.2 Å². The molecule has 30 heavy (non-hydrogen) atoms. The maximum absolute atomic E-state index is 5.88. The lowest BCUT2D eigenvalue weighted by atomic mass is 10.1. The number of aryl methyl sites for hydroxylation is 1. The maximum Gasteiger partial charge on any atom is 0.191 e. The van der Waals surface area contributed by atoms with Gasteiger partial charge in [0.15, 0.2) is 5.96 Å². The summed E-state index contributed by atoms with van der Waals surface area (Å²) in [5.41, 5.74) is 3.35. The highest BCUT2D eigenvalue weighted by Crippen LogP contribution is 2.20. The standard InChI is InChI=1S/C22H33N5O2.HI/c1-6-23-22(25-15-18-9-10-24-21(14-18)27(3)4)26-16-19-8-7-17(2)13-20(19)29-12-11-28-5;/h7-10,13-14H,6,11-12,15-16H2,1-5H3,(H2,23,25,26);1H. The van der Waals surface area contributed by atoms with E-state index in [1.54, 1.807) is 7.11 Å². The van der Waals surface area contributed by atoms with E-state index in [-0.39, 0.29) is 24.0 Å². The molecule has 0 bridgehead atoms. The average molecular weight is 527 g/mol. The molecule has 0 aliphatic carbocycles. The molecule has 8 heteroatoms. The van der Waals surface area contributed by atoms with Crippen LogP contribution in [0.25, 0.3) is 0 Å². The Morgan fingerprint density at radius 2 is 1.93 bits per heavy atom. The van der Waals surface area contributed by atoms with Crippen molar-refractivity contribution in [2.45, 2.75) is 26.9 Å². The summed E-state index contributed by atoms with van der Waals surface area (Å²) in [5, 5.41) is 6.69. The largest absolute Gasteiger partial charge is 0.491 e. The molecule has 0 amide bonds. The van der Waals surface area contributed by atoms with Crippen LogP contribution in [0, 0.1) is 6.92 Å². The van der Waals surface area contributed by atoms with Gasteiger partial charge in [0.05, 0.1) is 13.2 Å².